The number of ether oxygens (including phenoxy) is 1. The Hall–Kier alpha value is -1.83. The van der Waals surface area contributed by atoms with E-state index >= 15 is 0 Å². The molecule has 0 aliphatic carbocycles. The van der Waals surface area contributed by atoms with Crippen LogP contribution in [0.3, 0.4) is 0 Å². The first-order chi connectivity index (χ1) is 7.36. The molecule has 15 heavy (non-hydrogen) atoms. The number of hydrogen-bond donors (Lipinski definition) is 0. The topological polar surface area (TPSA) is 22.1 Å². The predicted octanol–water partition coefficient (Wildman–Crippen LogP) is 2.97. The highest BCUT2D eigenvalue weighted by Gasteiger charge is 2.07. The van der Waals surface area contributed by atoms with E-state index in [9.17, 15) is 0 Å². The van der Waals surface area contributed by atoms with Crippen LogP contribution in [0.5, 0.6) is 5.75 Å². The van der Waals surface area contributed by atoms with Crippen molar-refractivity contribution in [3.63, 3.8) is 0 Å². The molecule has 2 nitrogen and oxygen atoms in total. The first-order valence-electron chi connectivity index (χ1n) is 4.88. The van der Waals surface area contributed by atoms with Crippen molar-refractivity contribution in [1.29, 1.82) is 0 Å². The number of nitrogens with zero attached hydrogens (tertiary/aromatic N) is 1. The van der Waals surface area contributed by atoms with Crippen LogP contribution in [0.1, 0.15) is 5.56 Å². The highest BCUT2D eigenvalue weighted by Crippen LogP contribution is 2.28. The Morgan fingerprint density at radius 2 is 2.27 bits per heavy atom. The number of fused-ring (bicyclic) bond motifs is 1. The van der Waals surface area contributed by atoms with E-state index in [0.29, 0.717) is 0 Å². The molecule has 0 unspecified atom stereocenters. The second-order valence-electron chi connectivity index (χ2n) is 3.33. The third kappa shape index (κ3) is 1.71. The largest absolute Gasteiger partial charge is 0.494 e. The maximum Gasteiger partial charge on any atom is 0.148 e. The van der Waals surface area contributed by atoms with Gasteiger partial charge in [0, 0.05) is 17.1 Å². The lowest BCUT2D eigenvalue weighted by Gasteiger charge is -2.09. The summed E-state index contributed by atoms with van der Waals surface area (Å²) in [5.41, 5.74) is 2.04. The van der Waals surface area contributed by atoms with Gasteiger partial charge in [0.05, 0.1) is 7.11 Å². The zero-order valence-electron chi connectivity index (χ0n) is 8.73. The molecule has 0 fully saturated rings. The van der Waals surface area contributed by atoms with Crippen LogP contribution in [0.2, 0.25) is 0 Å². The Kier molecular flexibility index (Phi) is 2.68. The average Bonchev–Trinajstić information content (AvgIpc) is 2.29. The Labute approximate surface area is 89.2 Å². The van der Waals surface area contributed by atoms with Crippen molar-refractivity contribution in [2.45, 2.75) is 6.42 Å². The summed E-state index contributed by atoms with van der Waals surface area (Å²) >= 11 is 0. The van der Waals surface area contributed by atoms with Gasteiger partial charge in [0.2, 0.25) is 0 Å². The maximum absolute atomic E-state index is 5.40. The van der Waals surface area contributed by atoms with Gasteiger partial charge in [-0.15, -0.1) is 6.58 Å². The number of benzene rings is 1. The van der Waals surface area contributed by atoms with Gasteiger partial charge in [-0.05, 0) is 12.5 Å². The summed E-state index contributed by atoms with van der Waals surface area (Å²) in [6.45, 7) is 3.74. The van der Waals surface area contributed by atoms with E-state index in [0.717, 1.165) is 28.6 Å². The highest BCUT2D eigenvalue weighted by molar-refractivity contribution is 5.85. The molecule has 0 bridgehead atoms. The van der Waals surface area contributed by atoms with E-state index in [4.69, 9.17) is 4.74 Å². The molecule has 2 aromatic rings. The SMILES string of the molecule is C=CCc1ccc2cccnc2c1OC. The number of methoxy groups -OCH3 is 1. The number of hydrogen-bond acceptors (Lipinski definition) is 2. The summed E-state index contributed by atoms with van der Waals surface area (Å²) in [5.74, 6) is 0.855. The molecule has 2 heteroatoms. The lowest BCUT2D eigenvalue weighted by atomic mass is 10.1. The van der Waals surface area contributed by atoms with E-state index in [1.807, 2.05) is 18.2 Å². The van der Waals surface area contributed by atoms with E-state index in [1.165, 1.54) is 0 Å². The first kappa shape index (κ1) is 9.71. The van der Waals surface area contributed by atoms with Crippen molar-refractivity contribution in [3.05, 3.63) is 48.7 Å². The average molecular weight is 199 g/mol. The molecule has 1 heterocycles. The molecule has 0 saturated heterocycles. The fourth-order valence-electron chi connectivity index (χ4n) is 1.70. The van der Waals surface area contributed by atoms with Crippen molar-refractivity contribution in [2.24, 2.45) is 0 Å². The van der Waals surface area contributed by atoms with Crippen LogP contribution in [0.4, 0.5) is 0 Å². The minimum absolute atomic E-state index is 0.801. The monoisotopic (exact) mass is 199 g/mol. The van der Waals surface area contributed by atoms with Gasteiger partial charge < -0.3 is 4.74 Å². The van der Waals surface area contributed by atoms with Gasteiger partial charge in [-0.1, -0.05) is 24.3 Å². The van der Waals surface area contributed by atoms with Gasteiger partial charge in [-0.25, -0.2) is 0 Å². The van der Waals surface area contributed by atoms with Gasteiger partial charge in [-0.3, -0.25) is 4.98 Å². The van der Waals surface area contributed by atoms with Crippen LogP contribution < -0.4 is 4.74 Å². The van der Waals surface area contributed by atoms with Crippen molar-refractivity contribution in [2.75, 3.05) is 7.11 Å². The second-order valence-corrected chi connectivity index (χ2v) is 3.33. The number of allylic oxidation sites excluding steroid dienone is 1. The lowest BCUT2D eigenvalue weighted by Crippen LogP contribution is -1.93. The van der Waals surface area contributed by atoms with Crippen LogP contribution in [-0.2, 0) is 6.42 Å². The molecule has 0 amide bonds. The normalized spacial score (nSPS) is 10.2. The predicted molar refractivity (Wildman–Crippen MR) is 62.2 cm³/mol. The molecule has 2 rings (SSSR count). The quantitative estimate of drug-likeness (QED) is 0.709. The molecule has 0 atom stereocenters. The third-order valence-corrected chi connectivity index (χ3v) is 2.38. The van der Waals surface area contributed by atoms with Crippen molar-refractivity contribution < 1.29 is 4.74 Å². The summed E-state index contributed by atoms with van der Waals surface area (Å²) in [6, 6.07) is 8.08. The van der Waals surface area contributed by atoms with E-state index in [-0.39, 0.29) is 0 Å². The summed E-state index contributed by atoms with van der Waals surface area (Å²) < 4.78 is 5.40. The molecule has 1 aromatic carbocycles. The zero-order chi connectivity index (χ0) is 10.7. The molecule has 76 valence electrons. The summed E-state index contributed by atoms with van der Waals surface area (Å²) in [5, 5.41) is 1.10. The van der Waals surface area contributed by atoms with E-state index < -0.39 is 0 Å². The fourth-order valence-corrected chi connectivity index (χ4v) is 1.70. The Morgan fingerprint density at radius 3 is 3.00 bits per heavy atom. The van der Waals surface area contributed by atoms with Gasteiger partial charge in [0.1, 0.15) is 11.3 Å². The molecular formula is C13H13NO. The number of aromatic nitrogens is 1. The Balaban J connectivity index is 2.69. The van der Waals surface area contributed by atoms with E-state index in [2.05, 4.69) is 23.7 Å². The standard InChI is InChI=1S/C13H13NO/c1-3-5-11-8-7-10-6-4-9-14-12(10)13(11)15-2/h3-4,6-9H,1,5H2,2H3. The molecule has 0 aliphatic rings. The van der Waals surface area contributed by atoms with Gasteiger partial charge in [0.15, 0.2) is 0 Å². The van der Waals surface area contributed by atoms with Crippen LogP contribution in [0.15, 0.2) is 43.1 Å². The fraction of sp³-hybridized carbons (Fsp3) is 0.154. The minimum Gasteiger partial charge on any atom is -0.494 e. The summed E-state index contributed by atoms with van der Waals surface area (Å²) in [6.07, 6.45) is 4.45. The molecule has 0 saturated carbocycles. The van der Waals surface area contributed by atoms with Crippen LogP contribution >= 0.6 is 0 Å². The lowest BCUT2D eigenvalue weighted by molar-refractivity contribution is 0.415. The van der Waals surface area contributed by atoms with Gasteiger partial charge in [0.25, 0.3) is 0 Å². The van der Waals surface area contributed by atoms with Crippen LogP contribution in [0.25, 0.3) is 10.9 Å². The van der Waals surface area contributed by atoms with Gasteiger partial charge >= 0.3 is 0 Å². The third-order valence-electron chi connectivity index (χ3n) is 2.38. The smallest absolute Gasteiger partial charge is 0.148 e. The molecule has 0 radical (unpaired) electrons. The minimum atomic E-state index is 0.801. The first-order valence-corrected chi connectivity index (χ1v) is 4.88. The van der Waals surface area contributed by atoms with Crippen molar-refractivity contribution >= 4 is 10.9 Å². The number of rotatable bonds is 3. The van der Waals surface area contributed by atoms with Crippen LogP contribution in [-0.4, -0.2) is 12.1 Å². The molecule has 0 aliphatic heterocycles. The van der Waals surface area contributed by atoms with Gasteiger partial charge in [-0.2, -0.15) is 0 Å². The highest BCUT2D eigenvalue weighted by atomic mass is 16.5. The Bertz CT molecular complexity index is 491. The zero-order valence-corrected chi connectivity index (χ0v) is 8.73. The van der Waals surface area contributed by atoms with Crippen LogP contribution in [0, 0.1) is 0 Å². The maximum atomic E-state index is 5.40. The number of pyridine rings is 1. The molecule has 1 aromatic heterocycles. The van der Waals surface area contributed by atoms with E-state index in [1.54, 1.807) is 13.3 Å². The second kappa shape index (κ2) is 4.13. The molecular weight excluding hydrogens is 186 g/mol. The molecule has 0 N–H and O–H groups in total. The van der Waals surface area contributed by atoms with Crippen molar-refractivity contribution in [3.8, 4) is 5.75 Å². The summed E-state index contributed by atoms with van der Waals surface area (Å²) in [7, 11) is 1.68. The Morgan fingerprint density at radius 1 is 1.40 bits per heavy atom. The summed E-state index contributed by atoms with van der Waals surface area (Å²) in [4.78, 5) is 4.34. The molecule has 0 spiro atoms. The van der Waals surface area contributed by atoms with Crippen molar-refractivity contribution in [1.82, 2.24) is 4.98 Å².